The van der Waals surface area contributed by atoms with Gasteiger partial charge in [-0.05, 0) is 40.5 Å². The second-order valence-corrected chi connectivity index (χ2v) is 10.2. The number of rotatable bonds is 8. The van der Waals surface area contributed by atoms with Crippen LogP contribution >= 0.6 is 24.0 Å². The lowest BCUT2D eigenvalue weighted by Gasteiger charge is -2.25. The summed E-state index contributed by atoms with van der Waals surface area (Å²) in [6.07, 6.45) is 1.54. The molecule has 1 aliphatic rings. The molecule has 7 nitrogen and oxygen atoms in total. The lowest BCUT2D eigenvalue weighted by atomic mass is 9.84. The van der Waals surface area contributed by atoms with E-state index in [1.165, 1.54) is 0 Å². The van der Waals surface area contributed by atoms with Crippen LogP contribution in [0.3, 0.4) is 0 Å². The minimum absolute atomic E-state index is 0. The third-order valence-corrected chi connectivity index (χ3v) is 6.95. The SMILES string of the molecule is CCNC(=NCC1(CCO)CCOC1)NCCS(=O)(=O)C(C)(C)C.I. The average Bonchev–Trinajstić information content (AvgIpc) is 2.93. The molecule has 0 spiro atoms. The number of sulfone groups is 1. The molecule has 3 N–H and O–H groups in total. The van der Waals surface area contributed by atoms with Crippen molar-refractivity contribution in [1.29, 1.82) is 0 Å². The molecule has 1 atom stereocenters. The maximum atomic E-state index is 12.2. The quantitative estimate of drug-likeness (QED) is 0.268. The van der Waals surface area contributed by atoms with E-state index < -0.39 is 14.6 Å². The molecule has 1 aliphatic heterocycles. The van der Waals surface area contributed by atoms with E-state index in [9.17, 15) is 13.5 Å². The lowest BCUT2D eigenvalue weighted by molar-refractivity contribution is 0.131. The standard InChI is InChI=1S/C16H33N3O4S.HI/c1-5-17-14(18-8-11-24(21,22)15(2,3)4)19-12-16(6-9-20)7-10-23-13-16;/h20H,5-13H2,1-4H3,(H2,17,18,19);1H. The first-order valence-corrected chi connectivity index (χ1v) is 10.2. The van der Waals surface area contributed by atoms with Gasteiger partial charge in [-0.25, -0.2) is 8.42 Å². The highest BCUT2D eigenvalue weighted by atomic mass is 127. The topological polar surface area (TPSA) is 100 Å². The van der Waals surface area contributed by atoms with E-state index in [0.29, 0.717) is 45.2 Å². The Morgan fingerprint density at radius 3 is 2.48 bits per heavy atom. The largest absolute Gasteiger partial charge is 0.396 e. The van der Waals surface area contributed by atoms with Gasteiger partial charge in [-0.2, -0.15) is 0 Å². The number of halogens is 1. The molecule has 0 radical (unpaired) electrons. The summed E-state index contributed by atoms with van der Waals surface area (Å²) in [7, 11) is -3.16. The van der Waals surface area contributed by atoms with E-state index in [1.807, 2.05) is 6.92 Å². The first-order valence-electron chi connectivity index (χ1n) is 8.59. The molecule has 0 bridgehead atoms. The van der Waals surface area contributed by atoms with Gasteiger partial charge in [-0.3, -0.25) is 4.99 Å². The molecule has 1 fully saturated rings. The minimum atomic E-state index is -3.16. The van der Waals surface area contributed by atoms with Gasteiger partial charge >= 0.3 is 0 Å². The highest BCUT2D eigenvalue weighted by molar-refractivity contribution is 14.0. The second kappa shape index (κ2) is 10.9. The smallest absolute Gasteiger partial charge is 0.191 e. The zero-order chi connectivity index (χ0) is 18.3. The number of nitrogens with one attached hydrogen (secondary N) is 2. The van der Waals surface area contributed by atoms with Crippen molar-refractivity contribution in [2.45, 2.75) is 45.3 Å². The van der Waals surface area contributed by atoms with E-state index in [0.717, 1.165) is 6.42 Å². The number of nitrogens with zero attached hydrogens (tertiary/aromatic N) is 1. The zero-order valence-electron chi connectivity index (χ0n) is 15.8. The van der Waals surface area contributed by atoms with E-state index >= 15 is 0 Å². The first kappa shape index (κ1) is 24.9. The third-order valence-electron chi connectivity index (χ3n) is 4.34. The fourth-order valence-electron chi connectivity index (χ4n) is 2.49. The number of hydrogen-bond donors (Lipinski definition) is 3. The van der Waals surface area contributed by atoms with Gasteiger partial charge in [0.2, 0.25) is 0 Å². The number of aliphatic imine (C=N–C) groups is 1. The fraction of sp³-hybridized carbons (Fsp3) is 0.938. The number of guanidine groups is 1. The maximum Gasteiger partial charge on any atom is 0.191 e. The predicted molar refractivity (Wildman–Crippen MR) is 113 cm³/mol. The molecule has 0 aromatic rings. The summed E-state index contributed by atoms with van der Waals surface area (Å²) in [5.74, 6) is 0.664. The Morgan fingerprint density at radius 2 is 2.00 bits per heavy atom. The van der Waals surface area contributed by atoms with Crippen molar-refractivity contribution in [2.24, 2.45) is 10.4 Å². The summed E-state index contributed by atoms with van der Waals surface area (Å²) in [6, 6.07) is 0. The molecule has 0 saturated carbocycles. The minimum Gasteiger partial charge on any atom is -0.396 e. The van der Waals surface area contributed by atoms with Crippen LogP contribution in [0.5, 0.6) is 0 Å². The van der Waals surface area contributed by atoms with Crippen molar-refractivity contribution in [3.8, 4) is 0 Å². The zero-order valence-corrected chi connectivity index (χ0v) is 18.9. The van der Waals surface area contributed by atoms with Crippen LogP contribution in [0.2, 0.25) is 0 Å². The Morgan fingerprint density at radius 1 is 1.32 bits per heavy atom. The van der Waals surface area contributed by atoms with Gasteiger partial charge in [-0.15, -0.1) is 24.0 Å². The average molecular weight is 491 g/mol. The van der Waals surface area contributed by atoms with Crippen molar-refractivity contribution < 1.29 is 18.3 Å². The van der Waals surface area contributed by atoms with Gasteiger partial charge in [0, 0.05) is 31.7 Å². The van der Waals surface area contributed by atoms with Crippen molar-refractivity contribution in [1.82, 2.24) is 10.6 Å². The van der Waals surface area contributed by atoms with Crippen molar-refractivity contribution in [3.05, 3.63) is 0 Å². The van der Waals surface area contributed by atoms with Gasteiger partial charge in [0.1, 0.15) is 0 Å². The number of hydrogen-bond acceptors (Lipinski definition) is 5. The van der Waals surface area contributed by atoms with E-state index in [1.54, 1.807) is 20.8 Å². The number of aliphatic hydroxyl groups is 1. The Bertz CT molecular complexity index is 512. The molecule has 1 unspecified atom stereocenters. The molecular formula is C16H34IN3O4S. The molecule has 9 heteroatoms. The van der Waals surface area contributed by atoms with E-state index in [4.69, 9.17) is 4.74 Å². The third kappa shape index (κ3) is 7.96. The van der Waals surface area contributed by atoms with Crippen molar-refractivity contribution in [3.63, 3.8) is 0 Å². The maximum absolute atomic E-state index is 12.2. The van der Waals surface area contributed by atoms with Gasteiger partial charge < -0.3 is 20.5 Å². The monoisotopic (exact) mass is 491 g/mol. The summed E-state index contributed by atoms with van der Waals surface area (Å²) >= 11 is 0. The van der Waals surface area contributed by atoms with Gasteiger partial charge in [0.05, 0.1) is 23.7 Å². The summed E-state index contributed by atoms with van der Waals surface area (Å²) < 4.78 is 29.0. The summed E-state index contributed by atoms with van der Waals surface area (Å²) in [4.78, 5) is 4.58. The molecule has 0 aromatic carbocycles. The predicted octanol–water partition coefficient (Wildman–Crippen LogP) is 1.16. The van der Waals surface area contributed by atoms with Crippen LogP contribution in [-0.4, -0.2) is 69.4 Å². The van der Waals surface area contributed by atoms with Gasteiger partial charge in [0.15, 0.2) is 15.8 Å². The molecule has 25 heavy (non-hydrogen) atoms. The van der Waals surface area contributed by atoms with Crippen molar-refractivity contribution >= 4 is 39.8 Å². The molecule has 1 heterocycles. The molecule has 1 saturated heterocycles. The van der Waals surface area contributed by atoms with E-state index in [2.05, 4.69) is 15.6 Å². The van der Waals surface area contributed by atoms with Gasteiger partial charge in [-0.1, -0.05) is 0 Å². The Balaban J connectivity index is 0.00000576. The summed E-state index contributed by atoms with van der Waals surface area (Å²) in [6.45, 7) is 10.1. The molecule has 0 aromatic heterocycles. The van der Waals surface area contributed by atoms with Crippen LogP contribution in [0.4, 0.5) is 0 Å². The van der Waals surface area contributed by atoms with Crippen molar-refractivity contribution in [2.75, 3.05) is 45.2 Å². The highest BCUT2D eigenvalue weighted by Gasteiger charge is 2.34. The van der Waals surface area contributed by atoms with Gasteiger partial charge in [0.25, 0.3) is 0 Å². The van der Waals surface area contributed by atoms with Crippen LogP contribution < -0.4 is 10.6 Å². The molecule has 150 valence electrons. The van der Waals surface area contributed by atoms with Crippen LogP contribution in [0.25, 0.3) is 0 Å². The van der Waals surface area contributed by atoms with Crippen LogP contribution in [0, 0.1) is 5.41 Å². The number of ether oxygens (including phenoxy) is 1. The Hall–Kier alpha value is -0.130. The molecular weight excluding hydrogens is 457 g/mol. The normalized spacial score (nSPS) is 21.7. The lowest BCUT2D eigenvalue weighted by Crippen LogP contribution is -2.42. The highest BCUT2D eigenvalue weighted by Crippen LogP contribution is 2.32. The fourth-order valence-corrected chi connectivity index (χ4v) is 3.47. The Kier molecular flexibility index (Phi) is 10.8. The molecule has 0 amide bonds. The molecule has 1 rings (SSSR count). The van der Waals surface area contributed by atoms with Crippen LogP contribution in [-0.2, 0) is 14.6 Å². The number of aliphatic hydroxyl groups excluding tert-OH is 1. The Labute approximate surface area is 169 Å². The summed E-state index contributed by atoms with van der Waals surface area (Å²) in [5, 5.41) is 15.5. The first-order chi connectivity index (χ1) is 11.2. The summed E-state index contributed by atoms with van der Waals surface area (Å²) in [5.41, 5.74) is -0.116. The van der Waals surface area contributed by atoms with Crippen LogP contribution in [0.1, 0.15) is 40.5 Å². The van der Waals surface area contributed by atoms with Crippen LogP contribution in [0.15, 0.2) is 4.99 Å². The molecule has 0 aliphatic carbocycles. The second-order valence-electron chi connectivity index (χ2n) is 7.33. The van der Waals surface area contributed by atoms with E-state index in [-0.39, 0.29) is 41.8 Å².